The van der Waals surface area contributed by atoms with Crippen molar-refractivity contribution in [3.8, 4) is 11.3 Å². The molecule has 3 aromatic rings. The third-order valence-electron chi connectivity index (χ3n) is 2.54. The highest BCUT2D eigenvalue weighted by atomic mass is 16.4. The fourth-order valence-corrected chi connectivity index (χ4v) is 1.77. The first kappa shape index (κ1) is 9.65. The summed E-state index contributed by atoms with van der Waals surface area (Å²) < 4.78 is 5.27. The van der Waals surface area contributed by atoms with Crippen LogP contribution >= 0.6 is 0 Å². The number of aromatic amines is 1. The van der Waals surface area contributed by atoms with Crippen LogP contribution < -0.4 is 0 Å². The monoisotopic (exact) mass is 228 g/mol. The molecule has 0 atom stereocenters. The summed E-state index contributed by atoms with van der Waals surface area (Å²) in [4.78, 5) is 17.9. The molecule has 0 spiro atoms. The minimum atomic E-state index is -1.07. The van der Waals surface area contributed by atoms with Gasteiger partial charge in [0.2, 0.25) is 5.76 Å². The topological polar surface area (TPSA) is 79.1 Å². The lowest BCUT2D eigenvalue weighted by Gasteiger charge is -1.98. The molecule has 3 aromatic heterocycles. The van der Waals surface area contributed by atoms with Crippen LogP contribution in [0, 0.1) is 0 Å². The number of carboxylic acid groups (broad SMARTS) is 1. The molecule has 17 heavy (non-hydrogen) atoms. The van der Waals surface area contributed by atoms with Crippen molar-refractivity contribution >= 4 is 17.0 Å². The van der Waals surface area contributed by atoms with Gasteiger partial charge >= 0.3 is 5.97 Å². The molecule has 0 aromatic carbocycles. The lowest BCUT2D eigenvalue weighted by atomic mass is 10.1. The highest BCUT2D eigenvalue weighted by molar-refractivity contribution is 5.92. The fraction of sp³-hybridized carbons (Fsp3) is 0. The first-order valence-corrected chi connectivity index (χ1v) is 5.01. The maximum atomic E-state index is 10.7. The van der Waals surface area contributed by atoms with Crippen LogP contribution in [0.15, 0.2) is 41.1 Å². The smallest absolute Gasteiger partial charge is 0.371 e. The van der Waals surface area contributed by atoms with E-state index in [1.54, 1.807) is 24.5 Å². The standard InChI is InChI=1S/C12H8N2O3/c15-12(16)10-2-1-9(17-10)7-3-5-13-11-8(7)4-6-14-11/h1-6H,(H,13,14)(H,15,16). The molecule has 0 fully saturated rings. The van der Waals surface area contributed by atoms with Gasteiger partial charge in [-0.05, 0) is 24.3 Å². The van der Waals surface area contributed by atoms with E-state index in [0.717, 1.165) is 16.6 Å². The highest BCUT2D eigenvalue weighted by Gasteiger charge is 2.12. The van der Waals surface area contributed by atoms with Crippen LogP contribution in [-0.4, -0.2) is 21.0 Å². The molecule has 0 radical (unpaired) electrons. The van der Waals surface area contributed by atoms with Gasteiger partial charge in [-0.25, -0.2) is 9.78 Å². The molecule has 0 amide bonds. The van der Waals surface area contributed by atoms with Crippen molar-refractivity contribution in [3.63, 3.8) is 0 Å². The Morgan fingerprint density at radius 1 is 1.29 bits per heavy atom. The van der Waals surface area contributed by atoms with Crippen LogP contribution in [0.4, 0.5) is 0 Å². The number of furan rings is 1. The summed E-state index contributed by atoms with van der Waals surface area (Å²) in [5.74, 6) is -0.620. The van der Waals surface area contributed by atoms with E-state index in [9.17, 15) is 4.79 Å². The van der Waals surface area contributed by atoms with Crippen LogP contribution in [0.25, 0.3) is 22.4 Å². The third kappa shape index (κ3) is 1.48. The second-order valence-electron chi connectivity index (χ2n) is 3.57. The molecule has 3 rings (SSSR count). The molecule has 0 bridgehead atoms. The van der Waals surface area contributed by atoms with Crippen molar-refractivity contribution in [3.05, 3.63) is 42.4 Å². The number of nitrogens with zero attached hydrogens (tertiary/aromatic N) is 1. The number of pyridine rings is 1. The highest BCUT2D eigenvalue weighted by Crippen LogP contribution is 2.28. The van der Waals surface area contributed by atoms with Gasteiger partial charge in [-0.3, -0.25) is 0 Å². The van der Waals surface area contributed by atoms with Gasteiger partial charge in [0.15, 0.2) is 0 Å². The molecule has 0 aliphatic heterocycles. The second-order valence-corrected chi connectivity index (χ2v) is 3.57. The van der Waals surface area contributed by atoms with E-state index in [-0.39, 0.29) is 5.76 Å². The van der Waals surface area contributed by atoms with Gasteiger partial charge in [0.05, 0.1) is 0 Å². The number of fused-ring (bicyclic) bond motifs is 1. The Hall–Kier alpha value is -2.56. The molecular weight excluding hydrogens is 220 g/mol. The molecule has 5 heteroatoms. The Bertz CT molecular complexity index is 696. The fourth-order valence-electron chi connectivity index (χ4n) is 1.77. The predicted octanol–water partition coefficient (Wildman–Crippen LogP) is 2.52. The van der Waals surface area contributed by atoms with E-state index < -0.39 is 5.97 Å². The quantitative estimate of drug-likeness (QED) is 0.706. The average Bonchev–Trinajstić information content (AvgIpc) is 2.97. The third-order valence-corrected chi connectivity index (χ3v) is 2.54. The summed E-state index contributed by atoms with van der Waals surface area (Å²) in [6.45, 7) is 0. The lowest BCUT2D eigenvalue weighted by molar-refractivity contribution is 0.0663. The molecule has 0 aliphatic rings. The van der Waals surface area contributed by atoms with Crippen molar-refractivity contribution in [2.45, 2.75) is 0 Å². The Labute approximate surface area is 95.7 Å². The number of aromatic nitrogens is 2. The Morgan fingerprint density at radius 2 is 2.18 bits per heavy atom. The van der Waals surface area contributed by atoms with E-state index in [0.29, 0.717) is 5.76 Å². The van der Waals surface area contributed by atoms with Gasteiger partial charge in [-0.15, -0.1) is 0 Å². The van der Waals surface area contributed by atoms with Crippen LogP contribution in [0.5, 0.6) is 0 Å². The van der Waals surface area contributed by atoms with E-state index in [4.69, 9.17) is 9.52 Å². The zero-order valence-electron chi connectivity index (χ0n) is 8.68. The Morgan fingerprint density at radius 3 is 2.94 bits per heavy atom. The number of hydrogen-bond acceptors (Lipinski definition) is 3. The summed E-state index contributed by atoms with van der Waals surface area (Å²) in [7, 11) is 0. The number of hydrogen-bond donors (Lipinski definition) is 2. The average molecular weight is 228 g/mol. The number of aromatic carboxylic acids is 1. The summed E-state index contributed by atoms with van der Waals surface area (Å²) in [6, 6.07) is 6.75. The molecule has 0 saturated heterocycles. The number of carboxylic acids is 1. The molecule has 3 heterocycles. The SMILES string of the molecule is O=C(O)c1ccc(-c2ccnc3[nH]ccc23)o1. The normalized spacial score (nSPS) is 10.8. The predicted molar refractivity (Wildman–Crippen MR) is 60.8 cm³/mol. The maximum absolute atomic E-state index is 10.7. The minimum Gasteiger partial charge on any atom is -0.475 e. The van der Waals surface area contributed by atoms with Crippen molar-refractivity contribution in [1.82, 2.24) is 9.97 Å². The van der Waals surface area contributed by atoms with Gasteiger partial charge < -0.3 is 14.5 Å². The van der Waals surface area contributed by atoms with Crippen LogP contribution in [0.2, 0.25) is 0 Å². The van der Waals surface area contributed by atoms with Crippen molar-refractivity contribution in [1.29, 1.82) is 0 Å². The number of nitrogens with one attached hydrogen (secondary N) is 1. The van der Waals surface area contributed by atoms with Gasteiger partial charge in [0.25, 0.3) is 0 Å². The van der Waals surface area contributed by atoms with E-state index in [1.165, 1.54) is 6.07 Å². The van der Waals surface area contributed by atoms with E-state index >= 15 is 0 Å². The molecule has 2 N–H and O–H groups in total. The van der Waals surface area contributed by atoms with E-state index in [2.05, 4.69) is 9.97 Å². The number of rotatable bonds is 2. The Balaban J connectivity index is 2.19. The van der Waals surface area contributed by atoms with E-state index in [1.807, 2.05) is 6.07 Å². The van der Waals surface area contributed by atoms with Crippen molar-refractivity contribution in [2.75, 3.05) is 0 Å². The molecule has 0 unspecified atom stereocenters. The zero-order chi connectivity index (χ0) is 11.8. The van der Waals surface area contributed by atoms with Crippen LogP contribution in [0.1, 0.15) is 10.6 Å². The van der Waals surface area contributed by atoms with Gasteiger partial charge in [-0.1, -0.05) is 0 Å². The Kier molecular flexibility index (Phi) is 1.98. The van der Waals surface area contributed by atoms with Gasteiger partial charge in [-0.2, -0.15) is 0 Å². The first-order valence-electron chi connectivity index (χ1n) is 5.01. The molecule has 0 saturated carbocycles. The van der Waals surface area contributed by atoms with Crippen LogP contribution in [0.3, 0.4) is 0 Å². The summed E-state index contributed by atoms with van der Waals surface area (Å²) in [5, 5.41) is 9.71. The summed E-state index contributed by atoms with van der Waals surface area (Å²) in [5.41, 5.74) is 1.57. The lowest BCUT2D eigenvalue weighted by Crippen LogP contribution is -1.91. The minimum absolute atomic E-state index is 0.0690. The molecular formula is C12H8N2O3. The second kappa shape index (κ2) is 3.48. The first-order chi connectivity index (χ1) is 8.25. The number of carbonyl (C=O) groups is 1. The van der Waals surface area contributed by atoms with Crippen LogP contribution in [-0.2, 0) is 0 Å². The number of H-pyrrole nitrogens is 1. The summed E-state index contributed by atoms with van der Waals surface area (Å²) in [6.07, 6.45) is 3.43. The van der Waals surface area contributed by atoms with Gasteiger partial charge in [0, 0.05) is 23.3 Å². The molecule has 84 valence electrons. The summed E-state index contributed by atoms with van der Waals surface area (Å²) >= 11 is 0. The van der Waals surface area contributed by atoms with Crippen molar-refractivity contribution < 1.29 is 14.3 Å². The zero-order valence-corrected chi connectivity index (χ0v) is 8.68. The van der Waals surface area contributed by atoms with Gasteiger partial charge in [0.1, 0.15) is 11.4 Å². The molecule has 0 aliphatic carbocycles. The molecule has 5 nitrogen and oxygen atoms in total. The largest absolute Gasteiger partial charge is 0.475 e. The van der Waals surface area contributed by atoms with Crippen molar-refractivity contribution in [2.24, 2.45) is 0 Å². The maximum Gasteiger partial charge on any atom is 0.371 e.